The lowest BCUT2D eigenvalue weighted by molar-refractivity contribution is -0.0666. The van der Waals surface area contributed by atoms with Gasteiger partial charge in [0.05, 0.1) is 6.04 Å². The average molecular weight is 344 g/mol. The number of fused-ring (bicyclic) bond motifs is 1. The van der Waals surface area contributed by atoms with Gasteiger partial charge in [-0.2, -0.15) is 0 Å². The fourth-order valence-corrected chi connectivity index (χ4v) is 3.88. The Balaban J connectivity index is 1.78. The van der Waals surface area contributed by atoms with E-state index in [4.69, 9.17) is 4.74 Å². The highest BCUT2D eigenvalue weighted by Gasteiger charge is 2.35. The molecule has 0 spiro atoms. The molecule has 0 saturated carbocycles. The summed E-state index contributed by atoms with van der Waals surface area (Å²) in [7, 11) is 0. The zero-order valence-corrected chi connectivity index (χ0v) is 14.1. The summed E-state index contributed by atoms with van der Waals surface area (Å²) >= 11 is 0. The molecule has 0 bridgehead atoms. The molecule has 1 saturated heterocycles. The fourth-order valence-electron chi connectivity index (χ4n) is 3.88. The maximum absolute atomic E-state index is 14.6. The van der Waals surface area contributed by atoms with Crippen molar-refractivity contribution < 1.29 is 13.5 Å². The van der Waals surface area contributed by atoms with Gasteiger partial charge in [-0.1, -0.05) is 30.3 Å². The fraction of sp³-hybridized carbons (Fsp3) is 0.400. The zero-order valence-electron chi connectivity index (χ0n) is 14.1. The van der Waals surface area contributed by atoms with Crippen LogP contribution in [-0.2, 0) is 11.2 Å². The Hall–Kier alpha value is -1.82. The van der Waals surface area contributed by atoms with E-state index in [1.165, 1.54) is 11.6 Å². The largest absolute Gasteiger partial charge is 0.362 e. The van der Waals surface area contributed by atoms with E-state index in [9.17, 15) is 8.78 Å². The zero-order chi connectivity index (χ0) is 17.2. The van der Waals surface area contributed by atoms with Crippen molar-refractivity contribution in [3.05, 3.63) is 70.8 Å². The van der Waals surface area contributed by atoms with Gasteiger partial charge in [-0.3, -0.25) is 4.90 Å². The molecule has 2 aliphatic rings. The molecule has 132 valence electrons. The van der Waals surface area contributed by atoms with Crippen LogP contribution in [0.1, 0.15) is 29.2 Å². The quantitative estimate of drug-likeness (QED) is 0.905. The molecule has 2 aromatic rings. The molecule has 2 aliphatic heterocycles. The van der Waals surface area contributed by atoms with Crippen LogP contribution in [0.15, 0.2) is 42.5 Å². The van der Waals surface area contributed by atoms with Crippen LogP contribution in [0, 0.1) is 11.6 Å². The van der Waals surface area contributed by atoms with Crippen molar-refractivity contribution >= 4 is 0 Å². The molecule has 2 heterocycles. The summed E-state index contributed by atoms with van der Waals surface area (Å²) in [6.07, 6.45) is 1.75. The number of rotatable bonds is 2. The summed E-state index contributed by atoms with van der Waals surface area (Å²) in [5, 5.41) is 3.39. The van der Waals surface area contributed by atoms with Gasteiger partial charge in [0.15, 0.2) is 0 Å². The normalized spacial score (nSPS) is 24.6. The smallest absolute Gasteiger partial charge is 0.131 e. The Kier molecular flexibility index (Phi) is 4.79. The van der Waals surface area contributed by atoms with Gasteiger partial charge in [0.25, 0.3) is 0 Å². The van der Waals surface area contributed by atoms with Gasteiger partial charge in [0.1, 0.15) is 17.9 Å². The highest BCUT2D eigenvalue weighted by molar-refractivity contribution is 5.40. The lowest BCUT2D eigenvalue weighted by Crippen LogP contribution is -2.48. The highest BCUT2D eigenvalue weighted by Crippen LogP contribution is 2.37. The van der Waals surface area contributed by atoms with Crippen molar-refractivity contribution in [3.63, 3.8) is 0 Å². The van der Waals surface area contributed by atoms with E-state index in [0.29, 0.717) is 18.7 Å². The van der Waals surface area contributed by atoms with E-state index in [1.807, 2.05) is 18.2 Å². The monoisotopic (exact) mass is 344 g/mol. The van der Waals surface area contributed by atoms with Gasteiger partial charge in [0, 0.05) is 31.3 Å². The summed E-state index contributed by atoms with van der Waals surface area (Å²) in [6, 6.07) is 11.7. The molecule has 0 unspecified atom stereocenters. The van der Waals surface area contributed by atoms with E-state index >= 15 is 0 Å². The number of hydrogen-bond acceptors (Lipinski definition) is 3. The molecule has 0 aliphatic carbocycles. The second-order valence-electron chi connectivity index (χ2n) is 6.64. The lowest BCUT2D eigenvalue weighted by Gasteiger charge is -2.42. The van der Waals surface area contributed by atoms with Gasteiger partial charge >= 0.3 is 0 Å². The minimum Gasteiger partial charge on any atom is -0.362 e. The van der Waals surface area contributed by atoms with Gasteiger partial charge in [0.2, 0.25) is 0 Å². The number of benzene rings is 2. The van der Waals surface area contributed by atoms with Crippen molar-refractivity contribution in [1.82, 2.24) is 10.2 Å². The van der Waals surface area contributed by atoms with Crippen LogP contribution in [-0.4, -0.2) is 37.4 Å². The minimum atomic E-state index is -0.552. The summed E-state index contributed by atoms with van der Waals surface area (Å²) in [4.78, 5) is 2.21. The molecule has 5 heteroatoms. The molecule has 25 heavy (non-hydrogen) atoms. The maximum Gasteiger partial charge on any atom is 0.131 e. The average Bonchev–Trinajstić information content (AvgIpc) is 2.90. The van der Waals surface area contributed by atoms with Gasteiger partial charge < -0.3 is 10.1 Å². The van der Waals surface area contributed by atoms with Crippen molar-refractivity contribution in [2.24, 2.45) is 0 Å². The summed E-state index contributed by atoms with van der Waals surface area (Å²) in [6.45, 7) is 3.11. The first-order chi connectivity index (χ1) is 12.2. The number of nitrogens with one attached hydrogen (secondary N) is 1. The Morgan fingerprint density at radius 3 is 2.84 bits per heavy atom. The predicted molar refractivity (Wildman–Crippen MR) is 92.3 cm³/mol. The van der Waals surface area contributed by atoms with E-state index in [1.54, 1.807) is 6.07 Å². The van der Waals surface area contributed by atoms with Gasteiger partial charge in [-0.05, 0) is 36.6 Å². The third-order valence-corrected chi connectivity index (χ3v) is 5.07. The van der Waals surface area contributed by atoms with E-state index in [2.05, 4.69) is 16.3 Å². The molecule has 0 radical (unpaired) electrons. The molecular formula is C20H22F2N2O. The van der Waals surface area contributed by atoms with Crippen molar-refractivity contribution in [2.75, 3.05) is 26.2 Å². The first-order valence-corrected chi connectivity index (χ1v) is 8.85. The Morgan fingerprint density at radius 2 is 1.96 bits per heavy atom. The van der Waals surface area contributed by atoms with Crippen LogP contribution in [0.25, 0.3) is 0 Å². The molecule has 3 nitrogen and oxygen atoms in total. The standard InChI is InChI=1S/C20H22F2N2O/c21-15-6-7-17(18(22)12-15)20-16-5-2-1-4-14(16)8-10-24(20)19-13-23-9-3-11-25-19/h1-2,4-7,12,19-20,23H,3,8-11,13H2/t19-,20-/m1/s1. The molecule has 0 aromatic heterocycles. The van der Waals surface area contributed by atoms with Crippen LogP contribution < -0.4 is 5.32 Å². The molecule has 1 fully saturated rings. The van der Waals surface area contributed by atoms with Gasteiger partial charge in [-0.25, -0.2) is 8.78 Å². The second kappa shape index (κ2) is 7.20. The van der Waals surface area contributed by atoms with Crippen LogP contribution in [0.2, 0.25) is 0 Å². The van der Waals surface area contributed by atoms with E-state index < -0.39 is 11.6 Å². The first kappa shape index (κ1) is 16.6. The molecule has 1 N–H and O–H groups in total. The number of nitrogens with zero attached hydrogens (tertiary/aromatic N) is 1. The molecule has 0 amide bonds. The maximum atomic E-state index is 14.6. The third kappa shape index (κ3) is 3.32. The third-order valence-electron chi connectivity index (χ3n) is 5.07. The van der Waals surface area contributed by atoms with Crippen LogP contribution in [0.4, 0.5) is 8.78 Å². The first-order valence-electron chi connectivity index (χ1n) is 8.85. The van der Waals surface area contributed by atoms with Crippen LogP contribution >= 0.6 is 0 Å². The summed E-state index contributed by atoms with van der Waals surface area (Å²) in [5.74, 6) is -1.06. The summed E-state index contributed by atoms with van der Waals surface area (Å²) < 4.78 is 34.1. The number of halogens is 2. The van der Waals surface area contributed by atoms with Gasteiger partial charge in [-0.15, -0.1) is 0 Å². The minimum absolute atomic E-state index is 0.120. The lowest BCUT2D eigenvalue weighted by atomic mass is 9.87. The Morgan fingerprint density at radius 1 is 1.08 bits per heavy atom. The van der Waals surface area contributed by atoms with Crippen molar-refractivity contribution in [2.45, 2.75) is 25.1 Å². The summed E-state index contributed by atoms with van der Waals surface area (Å²) in [5.41, 5.74) is 2.79. The Bertz CT molecular complexity index is 744. The molecule has 4 rings (SSSR count). The Labute approximate surface area is 146 Å². The topological polar surface area (TPSA) is 24.5 Å². The highest BCUT2D eigenvalue weighted by atomic mass is 19.1. The number of hydrogen-bond donors (Lipinski definition) is 1. The molecule has 2 aromatic carbocycles. The van der Waals surface area contributed by atoms with Crippen LogP contribution in [0.5, 0.6) is 0 Å². The van der Waals surface area contributed by atoms with Crippen molar-refractivity contribution in [3.8, 4) is 0 Å². The predicted octanol–water partition coefficient (Wildman–Crippen LogP) is 3.25. The van der Waals surface area contributed by atoms with E-state index in [-0.39, 0.29) is 12.3 Å². The van der Waals surface area contributed by atoms with Crippen LogP contribution in [0.3, 0.4) is 0 Å². The second-order valence-corrected chi connectivity index (χ2v) is 6.64. The SMILES string of the molecule is Fc1ccc([C@H]2c3ccccc3CCN2[C@H]2CNCCCO2)c(F)c1. The van der Waals surface area contributed by atoms with Crippen molar-refractivity contribution in [1.29, 1.82) is 0 Å². The number of ether oxygens (including phenoxy) is 1. The molecule has 2 atom stereocenters. The van der Waals surface area contributed by atoms with E-state index in [0.717, 1.165) is 37.6 Å². The molecular weight excluding hydrogens is 322 g/mol.